The smallest absolute Gasteiger partial charge is 0.323 e. The van der Waals surface area contributed by atoms with E-state index >= 15 is 0 Å². The van der Waals surface area contributed by atoms with E-state index in [1.165, 1.54) is 25.7 Å². The maximum absolute atomic E-state index is 11.9. The maximum Gasteiger partial charge on any atom is 0.323 e. The first-order chi connectivity index (χ1) is 8.16. The van der Waals surface area contributed by atoms with Crippen molar-refractivity contribution in [1.29, 1.82) is 0 Å². The van der Waals surface area contributed by atoms with Crippen molar-refractivity contribution in [2.75, 3.05) is 13.2 Å². The van der Waals surface area contributed by atoms with Crippen LogP contribution < -0.4 is 5.32 Å². The summed E-state index contributed by atoms with van der Waals surface area (Å²) in [5, 5.41) is 3.23. The summed E-state index contributed by atoms with van der Waals surface area (Å²) in [6.07, 6.45) is 6.17. The van der Waals surface area contributed by atoms with Crippen molar-refractivity contribution < 1.29 is 9.53 Å². The van der Waals surface area contributed by atoms with Crippen molar-refractivity contribution in [3.63, 3.8) is 0 Å². The summed E-state index contributed by atoms with van der Waals surface area (Å²) in [5.41, 5.74) is 0. The normalized spacial score (nSPS) is 38.0. The molecule has 0 amide bonds. The monoisotopic (exact) mass is 239 g/mol. The second-order valence-electron chi connectivity index (χ2n) is 5.97. The van der Waals surface area contributed by atoms with Crippen LogP contribution in [0.4, 0.5) is 0 Å². The molecule has 2 aliphatic rings. The highest BCUT2D eigenvalue weighted by molar-refractivity contribution is 5.76. The van der Waals surface area contributed by atoms with Crippen LogP contribution in [0.1, 0.15) is 46.0 Å². The minimum atomic E-state index is -0.0592. The fraction of sp³-hybridized carbons (Fsp3) is 0.929. The molecule has 1 heterocycles. The molecule has 1 N–H and O–H groups in total. The molecule has 0 bridgehead atoms. The Labute approximate surface area is 104 Å². The molecule has 3 nitrogen and oxygen atoms in total. The third-order valence-corrected chi connectivity index (χ3v) is 4.29. The van der Waals surface area contributed by atoms with Crippen molar-refractivity contribution in [2.24, 2.45) is 17.8 Å². The van der Waals surface area contributed by atoms with Gasteiger partial charge in [0.1, 0.15) is 6.04 Å². The van der Waals surface area contributed by atoms with E-state index in [9.17, 15) is 4.79 Å². The number of nitrogens with one attached hydrogen (secondary N) is 1. The Morgan fingerprint density at radius 2 is 2.12 bits per heavy atom. The van der Waals surface area contributed by atoms with Crippen LogP contribution in [0.2, 0.25) is 0 Å². The molecule has 1 aliphatic carbocycles. The predicted octanol–water partition coefficient (Wildman–Crippen LogP) is 2.35. The fourth-order valence-electron chi connectivity index (χ4n) is 3.15. The number of carbonyl (C=O) groups is 1. The van der Waals surface area contributed by atoms with Crippen LogP contribution in [0.3, 0.4) is 0 Å². The topological polar surface area (TPSA) is 38.3 Å². The highest BCUT2D eigenvalue weighted by Gasteiger charge is 2.31. The highest BCUT2D eigenvalue weighted by atomic mass is 16.5. The van der Waals surface area contributed by atoms with Crippen LogP contribution in [-0.4, -0.2) is 25.2 Å². The molecular formula is C14H25NO2. The van der Waals surface area contributed by atoms with Crippen LogP contribution >= 0.6 is 0 Å². The van der Waals surface area contributed by atoms with Crippen LogP contribution in [0.25, 0.3) is 0 Å². The lowest BCUT2D eigenvalue weighted by Crippen LogP contribution is -2.37. The number of ether oxygens (including phenoxy) is 1. The summed E-state index contributed by atoms with van der Waals surface area (Å²) < 4.78 is 5.48. The van der Waals surface area contributed by atoms with Gasteiger partial charge in [-0.1, -0.05) is 26.7 Å². The van der Waals surface area contributed by atoms with Crippen LogP contribution in [-0.2, 0) is 9.53 Å². The third kappa shape index (κ3) is 3.44. The summed E-state index contributed by atoms with van der Waals surface area (Å²) in [6, 6.07) is -0.0592. The second-order valence-corrected chi connectivity index (χ2v) is 5.97. The van der Waals surface area contributed by atoms with Crippen molar-refractivity contribution in [1.82, 2.24) is 5.32 Å². The summed E-state index contributed by atoms with van der Waals surface area (Å²) in [7, 11) is 0. The lowest BCUT2D eigenvalue weighted by Gasteiger charge is -2.26. The number of carbonyl (C=O) groups excluding carboxylic acids is 1. The average Bonchev–Trinajstić information content (AvgIpc) is 2.72. The molecule has 2 fully saturated rings. The van der Waals surface area contributed by atoms with E-state index in [1.54, 1.807) is 0 Å². The zero-order valence-electron chi connectivity index (χ0n) is 11.1. The summed E-state index contributed by atoms with van der Waals surface area (Å²) in [5.74, 6) is 1.79. The number of esters is 1. The van der Waals surface area contributed by atoms with Crippen LogP contribution in [0, 0.1) is 17.8 Å². The van der Waals surface area contributed by atoms with Crippen molar-refractivity contribution in [2.45, 2.75) is 52.0 Å². The molecule has 3 heteroatoms. The molecule has 0 radical (unpaired) electrons. The predicted molar refractivity (Wildman–Crippen MR) is 67.7 cm³/mol. The zero-order valence-corrected chi connectivity index (χ0v) is 11.1. The van der Waals surface area contributed by atoms with Crippen molar-refractivity contribution >= 4 is 5.97 Å². The lowest BCUT2D eigenvalue weighted by molar-refractivity contribution is -0.148. The van der Waals surface area contributed by atoms with Gasteiger partial charge in [0.25, 0.3) is 0 Å². The Morgan fingerprint density at radius 3 is 2.76 bits per heavy atom. The quantitative estimate of drug-likeness (QED) is 0.768. The molecule has 2 rings (SSSR count). The van der Waals surface area contributed by atoms with Gasteiger partial charge in [0, 0.05) is 0 Å². The zero-order chi connectivity index (χ0) is 12.3. The Bertz CT molecular complexity index is 267. The Morgan fingerprint density at radius 1 is 1.29 bits per heavy atom. The first-order valence-corrected chi connectivity index (χ1v) is 7.07. The summed E-state index contributed by atoms with van der Waals surface area (Å²) in [6.45, 7) is 6.00. The first-order valence-electron chi connectivity index (χ1n) is 7.07. The molecule has 0 aromatic heterocycles. The number of rotatable bonds is 3. The molecule has 4 atom stereocenters. The molecule has 4 unspecified atom stereocenters. The molecule has 17 heavy (non-hydrogen) atoms. The first kappa shape index (κ1) is 12.9. The minimum absolute atomic E-state index is 0.0340. The van der Waals surface area contributed by atoms with Crippen molar-refractivity contribution in [3.8, 4) is 0 Å². The Balaban J connectivity index is 1.72. The Hall–Kier alpha value is -0.570. The molecule has 0 spiro atoms. The fourth-order valence-corrected chi connectivity index (χ4v) is 3.15. The summed E-state index contributed by atoms with van der Waals surface area (Å²) in [4.78, 5) is 11.9. The van der Waals surface area contributed by atoms with Gasteiger partial charge in [-0.25, -0.2) is 0 Å². The van der Waals surface area contributed by atoms with Gasteiger partial charge in [0.2, 0.25) is 0 Å². The maximum atomic E-state index is 11.9. The van der Waals surface area contributed by atoms with Gasteiger partial charge in [0.05, 0.1) is 6.61 Å². The standard InChI is InChI=1S/C14H25NO2/c1-10-4-3-5-12(8-10)9-17-14(16)13-11(2)6-7-15-13/h10-13,15H,3-9H2,1-2H3. The van der Waals surface area contributed by atoms with E-state index in [1.807, 2.05) is 0 Å². The van der Waals surface area contributed by atoms with Crippen molar-refractivity contribution in [3.05, 3.63) is 0 Å². The van der Waals surface area contributed by atoms with E-state index in [-0.39, 0.29) is 12.0 Å². The van der Waals surface area contributed by atoms with E-state index < -0.39 is 0 Å². The number of hydrogen-bond donors (Lipinski definition) is 1. The van der Waals surface area contributed by atoms with Gasteiger partial charge in [-0.2, -0.15) is 0 Å². The van der Waals surface area contributed by atoms with Crippen LogP contribution in [0.5, 0.6) is 0 Å². The molecule has 1 saturated heterocycles. The van der Waals surface area contributed by atoms with Gasteiger partial charge in [-0.3, -0.25) is 4.79 Å². The molecule has 1 aliphatic heterocycles. The van der Waals surface area contributed by atoms with E-state index in [0.29, 0.717) is 18.4 Å². The summed E-state index contributed by atoms with van der Waals surface area (Å²) >= 11 is 0. The SMILES string of the molecule is CC1CCCC(COC(=O)C2NCCC2C)C1. The highest BCUT2D eigenvalue weighted by Crippen LogP contribution is 2.28. The largest absolute Gasteiger partial charge is 0.464 e. The molecule has 98 valence electrons. The average molecular weight is 239 g/mol. The van der Waals surface area contributed by atoms with Gasteiger partial charge in [0.15, 0.2) is 0 Å². The van der Waals surface area contributed by atoms with Gasteiger partial charge >= 0.3 is 5.97 Å². The van der Waals surface area contributed by atoms with Gasteiger partial charge in [-0.15, -0.1) is 0 Å². The molecule has 0 aromatic carbocycles. The number of hydrogen-bond acceptors (Lipinski definition) is 3. The van der Waals surface area contributed by atoms with Gasteiger partial charge < -0.3 is 10.1 Å². The minimum Gasteiger partial charge on any atom is -0.464 e. The van der Waals surface area contributed by atoms with Gasteiger partial charge in [-0.05, 0) is 43.6 Å². The molecular weight excluding hydrogens is 214 g/mol. The van der Waals surface area contributed by atoms with E-state index in [4.69, 9.17) is 4.74 Å². The van der Waals surface area contributed by atoms with E-state index in [0.717, 1.165) is 18.9 Å². The Kier molecular flexibility index (Phi) is 4.43. The molecule has 0 aromatic rings. The molecule has 1 saturated carbocycles. The lowest BCUT2D eigenvalue weighted by atomic mass is 9.83. The van der Waals surface area contributed by atoms with E-state index in [2.05, 4.69) is 19.2 Å². The third-order valence-electron chi connectivity index (χ3n) is 4.29. The van der Waals surface area contributed by atoms with Crippen LogP contribution in [0.15, 0.2) is 0 Å². The second kappa shape index (κ2) is 5.85.